The highest BCUT2D eigenvalue weighted by molar-refractivity contribution is 5.69. The van der Waals surface area contributed by atoms with Crippen LogP contribution in [0.15, 0.2) is 0 Å². The summed E-state index contributed by atoms with van der Waals surface area (Å²) in [6, 6.07) is 0. The van der Waals surface area contributed by atoms with Gasteiger partial charge in [-0.15, -0.1) is 0 Å². The molecule has 11 heavy (non-hydrogen) atoms. The molecule has 0 rings (SSSR count). The molecule has 3 nitrogen and oxygen atoms in total. The number of halogens is 2. The normalized spacial score (nSPS) is 13.5. The Hall–Kier alpha value is -0.710. The second kappa shape index (κ2) is 5.01. The van der Waals surface area contributed by atoms with Gasteiger partial charge in [0.25, 0.3) is 6.43 Å². The van der Waals surface area contributed by atoms with Crippen molar-refractivity contribution in [2.45, 2.75) is 13.3 Å². The summed E-state index contributed by atoms with van der Waals surface area (Å²) in [6.07, 6.45) is -2.42. The number of carbonyl (C=O) groups is 1. The second-order valence-corrected chi connectivity index (χ2v) is 2.29. The Kier molecular flexibility index (Phi) is 4.69. The summed E-state index contributed by atoms with van der Waals surface area (Å²) in [5, 5.41) is 10.7. The molecule has 0 aromatic rings. The summed E-state index contributed by atoms with van der Waals surface area (Å²) in [5.41, 5.74) is 0. The van der Waals surface area contributed by atoms with Crippen molar-refractivity contribution in [3.63, 3.8) is 0 Å². The fourth-order valence-corrected chi connectivity index (χ4v) is 0.496. The van der Waals surface area contributed by atoms with Crippen LogP contribution in [-0.4, -0.2) is 30.6 Å². The highest BCUT2D eigenvalue weighted by Crippen LogP contribution is 1.93. The van der Waals surface area contributed by atoms with Crippen molar-refractivity contribution in [1.29, 1.82) is 0 Å². The molecule has 0 aliphatic rings. The molecular formula is C6H11F2NO2. The highest BCUT2D eigenvalue weighted by Gasteiger charge is 2.10. The summed E-state index contributed by atoms with van der Waals surface area (Å²) < 4.78 is 23.0. The van der Waals surface area contributed by atoms with Crippen LogP contribution < -0.4 is 5.32 Å². The number of carboxylic acids is 1. The van der Waals surface area contributed by atoms with Gasteiger partial charge < -0.3 is 10.4 Å². The van der Waals surface area contributed by atoms with Gasteiger partial charge in [0.15, 0.2) is 0 Å². The van der Waals surface area contributed by atoms with Gasteiger partial charge in [0.1, 0.15) is 0 Å². The van der Waals surface area contributed by atoms with Crippen molar-refractivity contribution >= 4 is 5.97 Å². The molecule has 66 valence electrons. The minimum atomic E-state index is -2.42. The van der Waals surface area contributed by atoms with E-state index in [4.69, 9.17) is 5.11 Å². The molecule has 0 bridgehead atoms. The fraction of sp³-hybridized carbons (Fsp3) is 0.833. The van der Waals surface area contributed by atoms with Gasteiger partial charge in [0, 0.05) is 6.54 Å². The monoisotopic (exact) mass is 167 g/mol. The van der Waals surface area contributed by atoms with Crippen LogP contribution in [0.1, 0.15) is 6.92 Å². The van der Waals surface area contributed by atoms with Crippen LogP contribution >= 0.6 is 0 Å². The van der Waals surface area contributed by atoms with Gasteiger partial charge in [0.2, 0.25) is 0 Å². The third-order valence-corrected chi connectivity index (χ3v) is 1.17. The topological polar surface area (TPSA) is 49.3 Å². The molecule has 1 unspecified atom stereocenters. The maximum atomic E-state index is 11.5. The molecule has 0 saturated heterocycles. The number of rotatable bonds is 5. The largest absolute Gasteiger partial charge is 0.481 e. The zero-order valence-corrected chi connectivity index (χ0v) is 6.18. The number of hydrogen-bond acceptors (Lipinski definition) is 2. The van der Waals surface area contributed by atoms with E-state index in [0.717, 1.165) is 0 Å². The SMILES string of the molecule is CC(CNCC(F)F)C(=O)O. The molecule has 1 atom stereocenters. The zero-order chi connectivity index (χ0) is 8.85. The predicted molar refractivity (Wildman–Crippen MR) is 35.7 cm³/mol. The van der Waals surface area contributed by atoms with E-state index >= 15 is 0 Å². The first-order valence-corrected chi connectivity index (χ1v) is 3.25. The summed E-state index contributed by atoms with van der Waals surface area (Å²) in [4.78, 5) is 10.1. The van der Waals surface area contributed by atoms with Crippen molar-refractivity contribution in [3.8, 4) is 0 Å². The maximum absolute atomic E-state index is 11.5. The lowest BCUT2D eigenvalue weighted by Crippen LogP contribution is -2.29. The number of nitrogens with one attached hydrogen (secondary N) is 1. The maximum Gasteiger partial charge on any atom is 0.307 e. The second-order valence-electron chi connectivity index (χ2n) is 2.29. The Morgan fingerprint density at radius 3 is 2.45 bits per heavy atom. The Morgan fingerprint density at radius 2 is 2.09 bits per heavy atom. The van der Waals surface area contributed by atoms with Crippen LogP contribution in [0, 0.1) is 5.92 Å². The Labute approximate surface area is 63.4 Å². The summed E-state index contributed by atoms with van der Waals surface area (Å²) in [6.45, 7) is 1.10. The lowest BCUT2D eigenvalue weighted by atomic mass is 10.2. The van der Waals surface area contributed by atoms with E-state index in [-0.39, 0.29) is 6.54 Å². The van der Waals surface area contributed by atoms with E-state index in [2.05, 4.69) is 5.32 Å². The van der Waals surface area contributed by atoms with Gasteiger partial charge in [-0.05, 0) is 0 Å². The van der Waals surface area contributed by atoms with Crippen molar-refractivity contribution in [2.75, 3.05) is 13.1 Å². The molecule has 0 aliphatic heterocycles. The van der Waals surface area contributed by atoms with E-state index in [1.165, 1.54) is 6.92 Å². The molecule has 0 aromatic heterocycles. The van der Waals surface area contributed by atoms with E-state index in [0.29, 0.717) is 0 Å². The van der Waals surface area contributed by atoms with Crippen molar-refractivity contribution in [3.05, 3.63) is 0 Å². The number of hydrogen-bond donors (Lipinski definition) is 2. The van der Waals surface area contributed by atoms with Gasteiger partial charge >= 0.3 is 5.97 Å². The molecule has 0 amide bonds. The van der Waals surface area contributed by atoms with Gasteiger partial charge in [-0.3, -0.25) is 4.79 Å². The average molecular weight is 167 g/mol. The third kappa shape index (κ3) is 5.72. The number of carboxylic acid groups (broad SMARTS) is 1. The lowest BCUT2D eigenvalue weighted by Gasteiger charge is -2.06. The van der Waals surface area contributed by atoms with E-state index in [9.17, 15) is 13.6 Å². The molecular weight excluding hydrogens is 156 g/mol. The van der Waals surface area contributed by atoms with E-state index in [1.807, 2.05) is 0 Å². The Balaban J connectivity index is 3.31. The fourth-order valence-electron chi connectivity index (χ4n) is 0.496. The molecule has 0 aliphatic carbocycles. The lowest BCUT2D eigenvalue weighted by molar-refractivity contribution is -0.141. The van der Waals surface area contributed by atoms with Crippen LogP contribution in [0.3, 0.4) is 0 Å². The van der Waals surface area contributed by atoms with Gasteiger partial charge in [-0.25, -0.2) is 8.78 Å². The Bertz CT molecular complexity index is 130. The molecule has 0 fully saturated rings. The molecule has 5 heteroatoms. The van der Waals surface area contributed by atoms with Gasteiger partial charge in [0.05, 0.1) is 12.5 Å². The van der Waals surface area contributed by atoms with E-state index < -0.39 is 24.9 Å². The zero-order valence-electron chi connectivity index (χ0n) is 6.18. The van der Waals surface area contributed by atoms with Crippen molar-refractivity contribution in [2.24, 2.45) is 5.92 Å². The van der Waals surface area contributed by atoms with Gasteiger partial charge in [-0.2, -0.15) is 0 Å². The third-order valence-electron chi connectivity index (χ3n) is 1.17. The minimum Gasteiger partial charge on any atom is -0.481 e. The van der Waals surface area contributed by atoms with Crippen LogP contribution in [-0.2, 0) is 4.79 Å². The summed E-state index contributed by atoms with van der Waals surface area (Å²) in [5.74, 6) is -1.60. The van der Waals surface area contributed by atoms with Crippen LogP contribution in [0.2, 0.25) is 0 Å². The minimum absolute atomic E-state index is 0.0830. The van der Waals surface area contributed by atoms with Gasteiger partial charge in [-0.1, -0.05) is 6.92 Å². The average Bonchev–Trinajstić information content (AvgIpc) is 1.86. The number of alkyl halides is 2. The first-order valence-electron chi connectivity index (χ1n) is 3.25. The molecule has 0 radical (unpaired) electrons. The van der Waals surface area contributed by atoms with Crippen LogP contribution in [0.4, 0.5) is 8.78 Å². The molecule has 0 saturated carbocycles. The smallest absolute Gasteiger partial charge is 0.307 e. The van der Waals surface area contributed by atoms with Crippen LogP contribution in [0.25, 0.3) is 0 Å². The summed E-state index contributed by atoms with van der Waals surface area (Å²) in [7, 11) is 0. The Morgan fingerprint density at radius 1 is 1.55 bits per heavy atom. The molecule has 0 spiro atoms. The standard InChI is InChI=1S/C6H11F2NO2/c1-4(6(10)11)2-9-3-5(7)8/h4-5,9H,2-3H2,1H3,(H,10,11). The first-order chi connectivity index (χ1) is 5.04. The molecule has 0 aromatic carbocycles. The first kappa shape index (κ1) is 10.3. The van der Waals surface area contributed by atoms with E-state index in [1.54, 1.807) is 0 Å². The predicted octanol–water partition coefficient (Wildman–Crippen LogP) is 0.562. The molecule has 2 N–H and O–H groups in total. The quantitative estimate of drug-likeness (QED) is 0.629. The number of aliphatic carboxylic acids is 1. The van der Waals surface area contributed by atoms with Crippen molar-refractivity contribution < 1.29 is 18.7 Å². The highest BCUT2D eigenvalue weighted by atomic mass is 19.3. The summed E-state index contributed by atoms with van der Waals surface area (Å²) >= 11 is 0. The van der Waals surface area contributed by atoms with Crippen LogP contribution in [0.5, 0.6) is 0 Å². The molecule has 0 heterocycles. The van der Waals surface area contributed by atoms with Crippen molar-refractivity contribution in [1.82, 2.24) is 5.32 Å².